The van der Waals surface area contributed by atoms with E-state index in [1.54, 1.807) is 0 Å². The fourth-order valence-corrected chi connectivity index (χ4v) is 2.69. The standard InChI is InChI=1S/C14H20N2O/c1-2-12(15-7-1)5-8-16-13-3-4-14-11(10-13)6-9-17-14/h3-4,10,12,15-16H,1-2,5-9H2. The highest BCUT2D eigenvalue weighted by atomic mass is 16.5. The van der Waals surface area contributed by atoms with Crippen LogP contribution in [0.25, 0.3) is 0 Å². The first-order chi connectivity index (χ1) is 8.42. The minimum atomic E-state index is 0.722. The highest BCUT2D eigenvalue weighted by Gasteiger charge is 2.14. The lowest BCUT2D eigenvalue weighted by Crippen LogP contribution is -2.24. The van der Waals surface area contributed by atoms with E-state index in [4.69, 9.17) is 4.74 Å². The van der Waals surface area contributed by atoms with E-state index in [1.807, 2.05) is 0 Å². The number of hydrogen-bond donors (Lipinski definition) is 2. The number of ether oxygens (including phenoxy) is 1. The van der Waals surface area contributed by atoms with Gasteiger partial charge in [-0.25, -0.2) is 0 Å². The van der Waals surface area contributed by atoms with E-state index in [-0.39, 0.29) is 0 Å². The van der Waals surface area contributed by atoms with Gasteiger partial charge >= 0.3 is 0 Å². The van der Waals surface area contributed by atoms with E-state index in [0.717, 1.165) is 31.4 Å². The first kappa shape index (κ1) is 10.9. The van der Waals surface area contributed by atoms with Crippen molar-refractivity contribution in [2.75, 3.05) is 25.0 Å². The van der Waals surface area contributed by atoms with E-state index < -0.39 is 0 Å². The number of fused-ring (bicyclic) bond motifs is 1. The van der Waals surface area contributed by atoms with Gasteiger partial charge in [0, 0.05) is 24.7 Å². The molecule has 0 bridgehead atoms. The summed E-state index contributed by atoms with van der Waals surface area (Å²) >= 11 is 0. The molecule has 92 valence electrons. The van der Waals surface area contributed by atoms with Gasteiger partial charge in [-0.3, -0.25) is 0 Å². The fraction of sp³-hybridized carbons (Fsp3) is 0.571. The summed E-state index contributed by atoms with van der Waals surface area (Å²) in [4.78, 5) is 0. The van der Waals surface area contributed by atoms with Crippen LogP contribution in [0, 0.1) is 0 Å². The molecule has 1 atom stereocenters. The Kier molecular flexibility index (Phi) is 3.18. The smallest absolute Gasteiger partial charge is 0.122 e. The van der Waals surface area contributed by atoms with Gasteiger partial charge < -0.3 is 15.4 Å². The molecule has 17 heavy (non-hydrogen) atoms. The van der Waals surface area contributed by atoms with Crippen LogP contribution in [0.3, 0.4) is 0 Å². The normalized spacial score (nSPS) is 22.2. The molecule has 1 aromatic rings. The molecule has 2 N–H and O–H groups in total. The maximum Gasteiger partial charge on any atom is 0.122 e. The summed E-state index contributed by atoms with van der Waals surface area (Å²) in [6.45, 7) is 3.09. The van der Waals surface area contributed by atoms with Crippen molar-refractivity contribution in [2.45, 2.75) is 31.7 Å². The van der Waals surface area contributed by atoms with Gasteiger partial charge in [0.05, 0.1) is 6.61 Å². The molecule has 2 aliphatic heterocycles. The summed E-state index contributed by atoms with van der Waals surface area (Å²) in [5, 5.41) is 7.03. The van der Waals surface area contributed by atoms with Gasteiger partial charge in [0.2, 0.25) is 0 Å². The van der Waals surface area contributed by atoms with Crippen molar-refractivity contribution in [1.29, 1.82) is 0 Å². The van der Waals surface area contributed by atoms with Gasteiger partial charge in [0.1, 0.15) is 5.75 Å². The molecule has 1 unspecified atom stereocenters. The molecular formula is C14H20N2O. The van der Waals surface area contributed by atoms with Gasteiger partial charge in [-0.15, -0.1) is 0 Å². The van der Waals surface area contributed by atoms with Crippen LogP contribution < -0.4 is 15.4 Å². The summed E-state index contributed by atoms with van der Waals surface area (Å²) < 4.78 is 5.50. The average molecular weight is 232 g/mol. The molecule has 3 heteroatoms. The van der Waals surface area contributed by atoms with Crippen LogP contribution in [0.2, 0.25) is 0 Å². The molecule has 0 saturated carbocycles. The summed E-state index contributed by atoms with van der Waals surface area (Å²) in [5.74, 6) is 1.06. The monoisotopic (exact) mass is 232 g/mol. The molecule has 2 heterocycles. The van der Waals surface area contributed by atoms with E-state index in [0.29, 0.717) is 0 Å². The summed E-state index contributed by atoms with van der Waals surface area (Å²) in [6, 6.07) is 7.15. The molecule has 0 radical (unpaired) electrons. The molecule has 0 aliphatic carbocycles. The molecule has 1 aromatic carbocycles. The van der Waals surface area contributed by atoms with Crippen LogP contribution in [0.5, 0.6) is 5.75 Å². The lowest BCUT2D eigenvalue weighted by Gasteiger charge is -2.12. The van der Waals surface area contributed by atoms with Crippen molar-refractivity contribution in [1.82, 2.24) is 5.32 Å². The molecule has 1 saturated heterocycles. The van der Waals surface area contributed by atoms with Gasteiger partial charge in [-0.1, -0.05) is 0 Å². The van der Waals surface area contributed by atoms with Gasteiger partial charge in [0.25, 0.3) is 0 Å². The van der Waals surface area contributed by atoms with Crippen molar-refractivity contribution < 1.29 is 4.74 Å². The summed E-state index contributed by atoms with van der Waals surface area (Å²) in [6.07, 6.45) is 4.93. The maximum atomic E-state index is 5.50. The third kappa shape index (κ3) is 2.55. The second-order valence-corrected chi connectivity index (χ2v) is 4.93. The Morgan fingerprint density at radius 3 is 3.29 bits per heavy atom. The van der Waals surface area contributed by atoms with Gasteiger partial charge in [-0.05, 0) is 49.6 Å². The molecule has 0 aromatic heterocycles. The number of rotatable bonds is 4. The summed E-state index contributed by atoms with van der Waals surface area (Å²) in [7, 11) is 0. The van der Waals surface area contributed by atoms with Crippen molar-refractivity contribution in [3.8, 4) is 5.75 Å². The SMILES string of the molecule is c1cc2c(cc1NCCC1CCCN1)CCO2. The molecule has 0 amide bonds. The van der Waals surface area contributed by atoms with Crippen molar-refractivity contribution in [3.63, 3.8) is 0 Å². The number of anilines is 1. The molecule has 0 spiro atoms. The predicted molar refractivity (Wildman–Crippen MR) is 69.8 cm³/mol. The van der Waals surface area contributed by atoms with E-state index in [2.05, 4.69) is 28.8 Å². The second kappa shape index (κ2) is 4.96. The Labute approximate surface area is 103 Å². The zero-order valence-electron chi connectivity index (χ0n) is 10.2. The minimum Gasteiger partial charge on any atom is -0.493 e. The third-order valence-electron chi connectivity index (χ3n) is 3.67. The summed E-state index contributed by atoms with van der Waals surface area (Å²) in [5.41, 5.74) is 2.57. The Morgan fingerprint density at radius 1 is 1.41 bits per heavy atom. The zero-order valence-corrected chi connectivity index (χ0v) is 10.2. The topological polar surface area (TPSA) is 33.3 Å². The molecule has 3 nitrogen and oxygen atoms in total. The van der Waals surface area contributed by atoms with Crippen molar-refractivity contribution in [2.24, 2.45) is 0 Å². The second-order valence-electron chi connectivity index (χ2n) is 4.93. The van der Waals surface area contributed by atoms with E-state index in [1.165, 1.54) is 37.1 Å². The number of hydrogen-bond acceptors (Lipinski definition) is 3. The maximum absolute atomic E-state index is 5.50. The third-order valence-corrected chi connectivity index (χ3v) is 3.67. The predicted octanol–water partition coefficient (Wildman–Crippen LogP) is 2.18. The van der Waals surface area contributed by atoms with E-state index >= 15 is 0 Å². The largest absolute Gasteiger partial charge is 0.493 e. The minimum absolute atomic E-state index is 0.722. The van der Waals surface area contributed by atoms with Crippen LogP contribution in [0.1, 0.15) is 24.8 Å². The number of nitrogens with one attached hydrogen (secondary N) is 2. The lowest BCUT2D eigenvalue weighted by molar-refractivity contribution is 0.357. The van der Waals surface area contributed by atoms with Crippen molar-refractivity contribution in [3.05, 3.63) is 23.8 Å². The molecule has 3 rings (SSSR count). The van der Waals surface area contributed by atoms with Gasteiger partial charge in [0.15, 0.2) is 0 Å². The first-order valence-corrected chi connectivity index (χ1v) is 6.65. The molecule has 2 aliphatic rings. The Bertz CT molecular complexity index is 386. The fourth-order valence-electron chi connectivity index (χ4n) is 2.69. The lowest BCUT2D eigenvalue weighted by atomic mass is 10.1. The average Bonchev–Trinajstić information content (AvgIpc) is 2.98. The Balaban J connectivity index is 1.51. The van der Waals surface area contributed by atoms with Crippen LogP contribution in [-0.2, 0) is 6.42 Å². The highest BCUT2D eigenvalue weighted by molar-refractivity contribution is 5.52. The molecular weight excluding hydrogens is 212 g/mol. The van der Waals surface area contributed by atoms with Crippen LogP contribution >= 0.6 is 0 Å². The first-order valence-electron chi connectivity index (χ1n) is 6.65. The van der Waals surface area contributed by atoms with Crippen LogP contribution in [0.4, 0.5) is 5.69 Å². The highest BCUT2D eigenvalue weighted by Crippen LogP contribution is 2.27. The molecule has 1 fully saturated rings. The zero-order chi connectivity index (χ0) is 11.5. The quantitative estimate of drug-likeness (QED) is 0.834. The Hall–Kier alpha value is -1.22. The number of benzene rings is 1. The van der Waals surface area contributed by atoms with Gasteiger partial charge in [-0.2, -0.15) is 0 Å². The Morgan fingerprint density at radius 2 is 2.41 bits per heavy atom. The van der Waals surface area contributed by atoms with Crippen LogP contribution in [0.15, 0.2) is 18.2 Å². The van der Waals surface area contributed by atoms with Crippen molar-refractivity contribution >= 4 is 5.69 Å². The van der Waals surface area contributed by atoms with E-state index in [9.17, 15) is 0 Å². The van der Waals surface area contributed by atoms with Crippen LogP contribution in [-0.4, -0.2) is 25.7 Å².